The fourth-order valence-corrected chi connectivity index (χ4v) is 5.57. The molecule has 0 amide bonds. The van der Waals surface area contributed by atoms with E-state index in [2.05, 4.69) is 98.9 Å². The van der Waals surface area contributed by atoms with E-state index >= 15 is 0 Å². The first kappa shape index (κ1) is 50.2. The van der Waals surface area contributed by atoms with Gasteiger partial charge in [-0.25, -0.2) is 4.57 Å². The molecule has 0 aromatic carbocycles. The van der Waals surface area contributed by atoms with Gasteiger partial charge in [0.15, 0.2) is 6.10 Å². The molecule has 0 radical (unpaired) electrons. The van der Waals surface area contributed by atoms with Crippen LogP contribution in [0.25, 0.3) is 0 Å². The highest BCUT2D eigenvalue weighted by Crippen LogP contribution is 2.43. The van der Waals surface area contributed by atoms with Crippen molar-refractivity contribution in [1.82, 2.24) is 0 Å². The number of rotatable bonds is 36. The zero-order valence-electron chi connectivity index (χ0n) is 33.0. The minimum atomic E-state index is -4.40. The SMILES string of the molecule is CCC=CCC=CCC=CCC=CCCCCC(=O)OCC(COP(=O)(O)OCCN)OC(=O)CCCCCCC=CCC=CCC=CCCCCC. The average Bonchev–Trinajstić information content (AvgIpc) is 3.14. The molecule has 0 rings (SSSR count). The largest absolute Gasteiger partial charge is 0.472 e. The van der Waals surface area contributed by atoms with Crippen LogP contribution in [0.15, 0.2) is 85.1 Å². The van der Waals surface area contributed by atoms with E-state index < -0.39 is 32.5 Å². The summed E-state index contributed by atoms with van der Waals surface area (Å²) in [6.07, 6.45) is 47.6. The molecule has 0 aliphatic heterocycles. The average molecular weight is 762 g/mol. The number of hydrogen-bond acceptors (Lipinski definition) is 8. The van der Waals surface area contributed by atoms with Gasteiger partial charge in [0, 0.05) is 19.4 Å². The van der Waals surface area contributed by atoms with Crippen LogP contribution in [0.1, 0.15) is 142 Å². The predicted octanol–water partition coefficient (Wildman–Crippen LogP) is 11.3. The standard InChI is InChI=1S/C43H72NO8P/c1-3-5-7-9-11-13-15-17-19-20-22-24-26-28-30-32-34-36-43(46)52-41(40-51-53(47,48)50-38-37-44)39-49-42(45)35-33-31-29-27-25-23-21-18-16-14-12-10-8-6-4-2/h6,8,11-14,17-19,21-22,24-25,27,41H,3-5,7,9-10,15-16,20,23,26,28-40,44H2,1-2H3,(H,47,48). The minimum absolute atomic E-state index is 0.0389. The van der Waals surface area contributed by atoms with Gasteiger partial charge in [-0.15, -0.1) is 0 Å². The Kier molecular flexibility index (Phi) is 36.8. The summed E-state index contributed by atoms with van der Waals surface area (Å²) in [5, 5.41) is 0. The summed E-state index contributed by atoms with van der Waals surface area (Å²) in [4.78, 5) is 34.8. The van der Waals surface area contributed by atoms with Crippen LogP contribution in [0.5, 0.6) is 0 Å². The minimum Gasteiger partial charge on any atom is -0.462 e. The molecule has 0 aromatic heterocycles. The van der Waals surface area contributed by atoms with E-state index in [-0.39, 0.29) is 32.6 Å². The quantitative estimate of drug-likeness (QED) is 0.0277. The second-order valence-electron chi connectivity index (χ2n) is 12.8. The van der Waals surface area contributed by atoms with Crippen LogP contribution in [0.4, 0.5) is 0 Å². The molecule has 0 bridgehead atoms. The molecular formula is C43H72NO8P. The fraction of sp³-hybridized carbons (Fsp3) is 0.628. The van der Waals surface area contributed by atoms with Crippen molar-refractivity contribution in [1.29, 1.82) is 0 Å². The van der Waals surface area contributed by atoms with E-state index in [0.717, 1.165) is 77.0 Å². The summed E-state index contributed by atoms with van der Waals surface area (Å²) in [5.74, 6) is -0.913. The molecule has 53 heavy (non-hydrogen) atoms. The Bertz CT molecular complexity index is 1140. The number of carbonyl (C=O) groups is 2. The van der Waals surface area contributed by atoms with E-state index in [1.165, 1.54) is 25.7 Å². The number of unbranched alkanes of at least 4 members (excludes halogenated alkanes) is 9. The summed E-state index contributed by atoms with van der Waals surface area (Å²) in [7, 11) is -4.40. The first-order valence-corrected chi connectivity index (χ1v) is 21.6. The molecule has 2 atom stereocenters. The highest BCUT2D eigenvalue weighted by atomic mass is 31.2. The van der Waals surface area contributed by atoms with Gasteiger partial charge >= 0.3 is 19.8 Å². The van der Waals surface area contributed by atoms with Crippen molar-refractivity contribution >= 4 is 19.8 Å². The van der Waals surface area contributed by atoms with Gasteiger partial charge in [0.2, 0.25) is 0 Å². The number of phosphoric ester groups is 1. The van der Waals surface area contributed by atoms with E-state index in [1.54, 1.807) is 0 Å². The Morgan fingerprint density at radius 1 is 0.585 bits per heavy atom. The van der Waals surface area contributed by atoms with Gasteiger partial charge in [0.1, 0.15) is 6.61 Å². The van der Waals surface area contributed by atoms with Crippen LogP contribution < -0.4 is 5.73 Å². The smallest absolute Gasteiger partial charge is 0.462 e. The molecule has 0 aliphatic rings. The van der Waals surface area contributed by atoms with Gasteiger partial charge in [-0.2, -0.15) is 0 Å². The van der Waals surface area contributed by atoms with Crippen LogP contribution in [0.3, 0.4) is 0 Å². The lowest BCUT2D eigenvalue weighted by atomic mass is 10.1. The Labute approximate surface area is 322 Å². The third kappa shape index (κ3) is 38.7. The molecule has 10 heteroatoms. The Morgan fingerprint density at radius 2 is 1.04 bits per heavy atom. The molecule has 3 N–H and O–H groups in total. The second-order valence-corrected chi connectivity index (χ2v) is 14.2. The predicted molar refractivity (Wildman–Crippen MR) is 219 cm³/mol. The number of allylic oxidation sites excluding steroid dienone is 14. The van der Waals surface area contributed by atoms with Crippen LogP contribution in [-0.2, 0) is 32.7 Å². The summed E-state index contributed by atoms with van der Waals surface area (Å²) < 4.78 is 32.6. The molecular weight excluding hydrogens is 689 g/mol. The first-order chi connectivity index (χ1) is 25.8. The third-order valence-corrected chi connectivity index (χ3v) is 8.75. The van der Waals surface area contributed by atoms with Gasteiger partial charge in [0.25, 0.3) is 0 Å². The number of ether oxygens (including phenoxy) is 2. The topological polar surface area (TPSA) is 134 Å². The Morgan fingerprint density at radius 3 is 1.57 bits per heavy atom. The monoisotopic (exact) mass is 761 g/mol. The summed E-state index contributed by atoms with van der Waals surface area (Å²) >= 11 is 0. The zero-order valence-corrected chi connectivity index (χ0v) is 33.9. The number of hydrogen-bond donors (Lipinski definition) is 2. The van der Waals surface area contributed by atoms with Crippen molar-refractivity contribution in [2.75, 3.05) is 26.4 Å². The first-order valence-electron chi connectivity index (χ1n) is 20.1. The molecule has 0 aliphatic carbocycles. The molecule has 0 saturated heterocycles. The van der Waals surface area contributed by atoms with E-state index in [0.29, 0.717) is 12.8 Å². The lowest BCUT2D eigenvalue weighted by Gasteiger charge is -2.19. The van der Waals surface area contributed by atoms with Crippen molar-refractivity contribution in [3.63, 3.8) is 0 Å². The Balaban J connectivity index is 4.34. The molecule has 302 valence electrons. The third-order valence-electron chi connectivity index (χ3n) is 7.77. The maximum atomic E-state index is 12.5. The molecule has 0 spiro atoms. The van der Waals surface area contributed by atoms with Crippen molar-refractivity contribution in [3.8, 4) is 0 Å². The number of esters is 2. The van der Waals surface area contributed by atoms with Gasteiger partial charge in [-0.1, -0.05) is 125 Å². The van der Waals surface area contributed by atoms with Gasteiger partial charge in [-0.3, -0.25) is 18.6 Å². The molecule has 2 unspecified atom stereocenters. The summed E-state index contributed by atoms with van der Waals surface area (Å²) in [6, 6.07) is 0. The van der Waals surface area contributed by atoms with E-state index in [9.17, 15) is 19.0 Å². The van der Waals surface area contributed by atoms with Gasteiger partial charge in [-0.05, 0) is 89.9 Å². The molecule has 0 aromatic rings. The summed E-state index contributed by atoms with van der Waals surface area (Å²) in [5.41, 5.74) is 5.33. The fourth-order valence-electron chi connectivity index (χ4n) is 4.81. The van der Waals surface area contributed by atoms with Crippen molar-refractivity contribution in [3.05, 3.63) is 85.1 Å². The van der Waals surface area contributed by atoms with Crippen LogP contribution >= 0.6 is 7.82 Å². The molecule has 9 nitrogen and oxygen atoms in total. The molecule has 0 heterocycles. The number of carbonyl (C=O) groups excluding carboxylic acids is 2. The lowest BCUT2D eigenvalue weighted by molar-refractivity contribution is -0.161. The van der Waals surface area contributed by atoms with E-state index in [1.807, 2.05) is 0 Å². The number of phosphoric acid groups is 1. The van der Waals surface area contributed by atoms with Crippen LogP contribution in [0.2, 0.25) is 0 Å². The maximum absolute atomic E-state index is 12.5. The van der Waals surface area contributed by atoms with E-state index in [4.69, 9.17) is 24.3 Å². The summed E-state index contributed by atoms with van der Waals surface area (Å²) in [6.45, 7) is 3.48. The van der Waals surface area contributed by atoms with Crippen LogP contribution in [-0.4, -0.2) is 49.3 Å². The van der Waals surface area contributed by atoms with Gasteiger partial charge in [0.05, 0.1) is 13.2 Å². The molecule has 0 saturated carbocycles. The normalized spacial score (nSPS) is 14.3. The zero-order chi connectivity index (χ0) is 38.9. The Hall–Kier alpha value is -2.81. The van der Waals surface area contributed by atoms with Crippen LogP contribution in [0, 0.1) is 0 Å². The number of nitrogens with two attached hydrogens (primary N) is 1. The van der Waals surface area contributed by atoms with Crippen molar-refractivity contribution in [2.24, 2.45) is 5.73 Å². The highest BCUT2D eigenvalue weighted by molar-refractivity contribution is 7.47. The second kappa shape index (κ2) is 38.9. The maximum Gasteiger partial charge on any atom is 0.472 e. The highest BCUT2D eigenvalue weighted by Gasteiger charge is 2.25. The van der Waals surface area contributed by atoms with Crippen molar-refractivity contribution < 1.29 is 37.6 Å². The van der Waals surface area contributed by atoms with Crippen molar-refractivity contribution in [2.45, 2.75) is 148 Å². The lowest BCUT2D eigenvalue weighted by Crippen LogP contribution is -2.29. The molecule has 0 fully saturated rings. The van der Waals surface area contributed by atoms with Gasteiger partial charge < -0.3 is 20.1 Å².